The topological polar surface area (TPSA) is 26.3 Å². The molecule has 0 spiro atoms. The van der Waals surface area contributed by atoms with Gasteiger partial charge in [0.1, 0.15) is 6.10 Å². The van der Waals surface area contributed by atoms with Crippen LogP contribution in [-0.4, -0.2) is 16.9 Å². The van der Waals surface area contributed by atoms with Crippen LogP contribution in [0.4, 0.5) is 13.2 Å². The van der Waals surface area contributed by atoms with Crippen LogP contribution in [0.25, 0.3) is 0 Å². The highest BCUT2D eigenvalue weighted by atomic mass is 79.9. The summed E-state index contributed by atoms with van der Waals surface area (Å²) in [6.45, 7) is 4.08. The van der Waals surface area contributed by atoms with E-state index in [0.29, 0.717) is 24.3 Å². The molecule has 0 unspecified atom stereocenters. The first-order valence-corrected chi connectivity index (χ1v) is 8.10. The summed E-state index contributed by atoms with van der Waals surface area (Å²) in [5.74, 6) is -0.224. The highest BCUT2D eigenvalue weighted by Crippen LogP contribution is 2.33. The summed E-state index contributed by atoms with van der Waals surface area (Å²) in [7, 11) is 0. The Morgan fingerprint density at radius 1 is 1.27 bits per heavy atom. The Balaban J connectivity index is 2.01. The minimum absolute atomic E-state index is 0.0917. The molecule has 0 amide bonds. The van der Waals surface area contributed by atoms with Crippen LogP contribution in [0.5, 0.6) is 0 Å². The summed E-state index contributed by atoms with van der Waals surface area (Å²) in [6.07, 6.45) is -3.51. The number of halogens is 4. The summed E-state index contributed by atoms with van der Waals surface area (Å²) in [4.78, 5) is 12.0. The number of esters is 1. The fraction of sp³-hybridized carbons (Fsp3) is 0.562. The molecule has 1 aromatic rings. The zero-order chi connectivity index (χ0) is 16.5. The number of carbonyl (C=O) groups is 1. The number of hydrogen-bond acceptors (Lipinski definition) is 2. The number of rotatable bonds is 4. The normalized spacial score (nSPS) is 23.7. The van der Waals surface area contributed by atoms with Gasteiger partial charge in [-0.05, 0) is 36.5 Å². The molecule has 0 N–H and O–H groups in total. The van der Waals surface area contributed by atoms with E-state index in [4.69, 9.17) is 4.74 Å². The molecule has 1 fully saturated rings. The largest absolute Gasteiger partial charge is 0.461 e. The molecule has 1 aliphatic heterocycles. The molecule has 2 rings (SSSR count). The van der Waals surface area contributed by atoms with E-state index < -0.39 is 11.7 Å². The number of ether oxygens (including phenoxy) is 1. The van der Waals surface area contributed by atoms with Crippen molar-refractivity contribution in [2.75, 3.05) is 0 Å². The van der Waals surface area contributed by atoms with Crippen molar-refractivity contribution >= 4 is 21.9 Å². The average Bonchev–Trinajstić information content (AvgIpc) is 2.78. The third kappa shape index (κ3) is 4.03. The summed E-state index contributed by atoms with van der Waals surface area (Å²) in [6, 6.07) is 4.96. The molecule has 22 heavy (non-hydrogen) atoms. The van der Waals surface area contributed by atoms with E-state index in [-0.39, 0.29) is 22.8 Å². The molecule has 0 aromatic heterocycles. The van der Waals surface area contributed by atoms with E-state index in [2.05, 4.69) is 15.9 Å². The van der Waals surface area contributed by atoms with Gasteiger partial charge in [-0.3, -0.25) is 4.79 Å². The van der Waals surface area contributed by atoms with E-state index in [0.717, 1.165) is 12.1 Å². The number of alkyl halides is 4. The second kappa shape index (κ2) is 6.60. The average molecular weight is 379 g/mol. The van der Waals surface area contributed by atoms with Crippen LogP contribution in [0.3, 0.4) is 0 Å². The summed E-state index contributed by atoms with van der Waals surface area (Å²) >= 11 is 3.54. The quantitative estimate of drug-likeness (QED) is 0.565. The van der Waals surface area contributed by atoms with Gasteiger partial charge in [0.05, 0.1) is 16.3 Å². The monoisotopic (exact) mass is 378 g/mol. The molecule has 0 bridgehead atoms. The van der Waals surface area contributed by atoms with Crippen molar-refractivity contribution in [3.8, 4) is 0 Å². The molecule has 1 saturated heterocycles. The fourth-order valence-corrected chi connectivity index (χ4v) is 2.90. The molecule has 0 aliphatic carbocycles. The molecule has 3 atom stereocenters. The zero-order valence-corrected chi connectivity index (χ0v) is 13.9. The Morgan fingerprint density at radius 3 is 2.36 bits per heavy atom. The maximum atomic E-state index is 12.5. The van der Waals surface area contributed by atoms with Crippen molar-refractivity contribution in [1.29, 1.82) is 0 Å². The van der Waals surface area contributed by atoms with Crippen LogP contribution >= 0.6 is 15.9 Å². The standard InChI is InChI=1S/C16H18BrF3O2/c1-9(2)14(17)13-8-11(15(21)22-13)7-10-3-5-12(6-4-10)16(18,19)20/h3-6,9,11,13-14H,7-8H2,1-2H3/t11-,13+,14-/m1/s1. The maximum absolute atomic E-state index is 12.5. The van der Waals surface area contributed by atoms with Crippen LogP contribution in [0, 0.1) is 11.8 Å². The van der Waals surface area contributed by atoms with Gasteiger partial charge in [0, 0.05) is 0 Å². The number of benzene rings is 1. The third-order valence-corrected chi connectivity index (χ3v) is 5.52. The molecule has 122 valence electrons. The van der Waals surface area contributed by atoms with Crippen LogP contribution < -0.4 is 0 Å². The van der Waals surface area contributed by atoms with Gasteiger partial charge < -0.3 is 4.74 Å². The Kier molecular flexibility index (Phi) is 5.20. The smallest absolute Gasteiger partial charge is 0.416 e. The first-order valence-electron chi connectivity index (χ1n) is 7.19. The predicted octanol–water partition coefficient (Wildman–Crippen LogP) is 4.60. The van der Waals surface area contributed by atoms with Gasteiger partial charge in [0.25, 0.3) is 0 Å². The lowest BCUT2D eigenvalue weighted by molar-refractivity contribution is -0.144. The van der Waals surface area contributed by atoms with E-state index in [1.807, 2.05) is 13.8 Å². The summed E-state index contributed by atoms with van der Waals surface area (Å²) in [5, 5.41) is 0. The number of cyclic esters (lactones) is 1. The first kappa shape index (κ1) is 17.3. The summed E-state index contributed by atoms with van der Waals surface area (Å²) in [5.41, 5.74) is 0.0368. The minimum atomic E-state index is -4.34. The van der Waals surface area contributed by atoms with E-state index in [1.165, 1.54) is 12.1 Å². The number of carbonyl (C=O) groups excluding carboxylic acids is 1. The van der Waals surface area contributed by atoms with Gasteiger partial charge in [-0.25, -0.2) is 0 Å². The third-order valence-electron chi connectivity index (χ3n) is 3.87. The van der Waals surface area contributed by atoms with Gasteiger partial charge in [-0.15, -0.1) is 0 Å². The van der Waals surface area contributed by atoms with E-state index in [1.54, 1.807) is 0 Å². The van der Waals surface area contributed by atoms with Crippen molar-refractivity contribution < 1.29 is 22.7 Å². The van der Waals surface area contributed by atoms with Crippen molar-refractivity contribution in [2.45, 2.75) is 43.8 Å². The minimum Gasteiger partial charge on any atom is -0.461 e. The van der Waals surface area contributed by atoms with Gasteiger partial charge in [0.15, 0.2) is 0 Å². The molecule has 1 heterocycles. The van der Waals surface area contributed by atoms with Gasteiger partial charge >= 0.3 is 12.1 Å². The summed E-state index contributed by atoms with van der Waals surface area (Å²) < 4.78 is 43.0. The molecular formula is C16H18BrF3O2. The van der Waals surface area contributed by atoms with Crippen LogP contribution in [-0.2, 0) is 22.1 Å². The maximum Gasteiger partial charge on any atom is 0.416 e. The second-order valence-corrected chi connectivity index (χ2v) is 7.05. The lowest BCUT2D eigenvalue weighted by atomic mass is 9.93. The Hall–Kier alpha value is -1.04. The number of hydrogen-bond donors (Lipinski definition) is 0. The Labute approximate surface area is 136 Å². The highest BCUT2D eigenvalue weighted by Gasteiger charge is 2.39. The first-order chi connectivity index (χ1) is 10.2. The van der Waals surface area contributed by atoms with Gasteiger partial charge in [-0.1, -0.05) is 41.9 Å². The Morgan fingerprint density at radius 2 is 1.86 bits per heavy atom. The fourth-order valence-electron chi connectivity index (χ4n) is 2.58. The second-order valence-electron chi connectivity index (χ2n) is 6.00. The molecular weight excluding hydrogens is 361 g/mol. The molecule has 6 heteroatoms. The predicted molar refractivity (Wildman–Crippen MR) is 80.7 cm³/mol. The van der Waals surface area contributed by atoms with Crippen LogP contribution in [0.2, 0.25) is 0 Å². The Bertz CT molecular complexity index is 525. The molecule has 0 saturated carbocycles. The van der Waals surface area contributed by atoms with Gasteiger partial charge in [-0.2, -0.15) is 13.2 Å². The lowest BCUT2D eigenvalue weighted by Gasteiger charge is -2.19. The molecule has 2 nitrogen and oxygen atoms in total. The molecule has 1 aromatic carbocycles. The molecule has 0 radical (unpaired) electrons. The van der Waals surface area contributed by atoms with Crippen LogP contribution in [0.15, 0.2) is 24.3 Å². The molecule has 1 aliphatic rings. The van der Waals surface area contributed by atoms with Crippen molar-refractivity contribution in [3.05, 3.63) is 35.4 Å². The van der Waals surface area contributed by atoms with Crippen LogP contribution in [0.1, 0.15) is 31.4 Å². The van der Waals surface area contributed by atoms with E-state index >= 15 is 0 Å². The SMILES string of the molecule is CC(C)[C@@H](Br)[C@@H]1C[C@@H](Cc2ccc(C(F)(F)F)cc2)C(=O)O1. The van der Waals surface area contributed by atoms with E-state index in [9.17, 15) is 18.0 Å². The van der Waals surface area contributed by atoms with Gasteiger partial charge in [0.2, 0.25) is 0 Å². The van der Waals surface area contributed by atoms with Crippen molar-refractivity contribution in [2.24, 2.45) is 11.8 Å². The van der Waals surface area contributed by atoms with Crippen molar-refractivity contribution in [1.82, 2.24) is 0 Å². The van der Waals surface area contributed by atoms with Crippen molar-refractivity contribution in [3.63, 3.8) is 0 Å². The zero-order valence-electron chi connectivity index (χ0n) is 12.4. The highest BCUT2D eigenvalue weighted by molar-refractivity contribution is 9.09. The lowest BCUT2D eigenvalue weighted by Crippen LogP contribution is -2.25.